The highest BCUT2D eigenvalue weighted by atomic mass is 19.4. The summed E-state index contributed by atoms with van der Waals surface area (Å²) in [5.41, 5.74) is -0.825. The molecule has 4 atom stereocenters. The number of rotatable bonds is 11. The maximum absolute atomic E-state index is 12.7. The predicted molar refractivity (Wildman–Crippen MR) is 109 cm³/mol. The van der Waals surface area contributed by atoms with Crippen molar-refractivity contribution < 1.29 is 38.0 Å². The van der Waals surface area contributed by atoms with Gasteiger partial charge in [0.25, 0.3) is 0 Å². The third-order valence-electron chi connectivity index (χ3n) is 4.92. The number of aliphatic carboxylic acids is 1. The smallest absolute Gasteiger partial charge is 0.416 e. The number of allylic oxidation sites excluding steroid dienone is 3. The molecule has 3 N–H and O–H groups in total. The molecule has 170 valence electrons. The Morgan fingerprint density at radius 3 is 2.71 bits per heavy atom. The van der Waals surface area contributed by atoms with Gasteiger partial charge >= 0.3 is 12.1 Å². The number of hydrogen-bond acceptors (Lipinski definition) is 4. The summed E-state index contributed by atoms with van der Waals surface area (Å²) in [6.45, 7) is -0.220. The monoisotopic (exact) mass is 440 g/mol. The fraction of sp³-hybridized carbons (Fsp3) is 0.435. The lowest BCUT2D eigenvalue weighted by Gasteiger charge is -2.18. The zero-order valence-electron chi connectivity index (χ0n) is 16.9. The normalized spacial score (nSPS) is 22.4. The van der Waals surface area contributed by atoms with Crippen LogP contribution in [0.1, 0.15) is 31.2 Å². The van der Waals surface area contributed by atoms with Gasteiger partial charge in [-0.15, -0.1) is 0 Å². The molecule has 31 heavy (non-hydrogen) atoms. The van der Waals surface area contributed by atoms with Crippen molar-refractivity contribution in [3.63, 3.8) is 0 Å². The van der Waals surface area contributed by atoms with Gasteiger partial charge in [0.2, 0.25) is 0 Å². The first kappa shape index (κ1) is 24.7. The van der Waals surface area contributed by atoms with Crippen molar-refractivity contribution in [1.82, 2.24) is 0 Å². The molecular weight excluding hydrogens is 413 g/mol. The molecule has 1 aromatic rings. The summed E-state index contributed by atoms with van der Waals surface area (Å²) in [6.07, 6.45) is 6.40. The Kier molecular flexibility index (Phi) is 9.33. The molecule has 0 radical (unpaired) electrons. The van der Waals surface area contributed by atoms with Gasteiger partial charge in [0.15, 0.2) is 0 Å². The van der Waals surface area contributed by atoms with E-state index in [1.54, 1.807) is 12.2 Å². The number of aliphatic hydroxyl groups excluding tert-OH is 2. The highest BCUT2D eigenvalue weighted by Crippen LogP contribution is 2.32. The maximum Gasteiger partial charge on any atom is 0.416 e. The fourth-order valence-electron chi connectivity index (χ4n) is 3.26. The third kappa shape index (κ3) is 8.59. The van der Waals surface area contributed by atoms with Gasteiger partial charge in [-0.05, 0) is 43.4 Å². The first-order valence-corrected chi connectivity index (χ1v) is 10.1. The van der Waals surface area contributed by atoms with Crippen LogP contribution in [0.4, 0.5) is 13.2 Å². The molecule has 1 aromatic carbocycles. The molecular formula is C23H27F3O5. The van der Waals surface area contributed by atoms with E-state index < -0.39 is 29.9 Å². The van der Waals surface area contributed by atoms with Crippen LogP contribution in [0.15, 0.2) is 60.7 Å². The van der Waals surface area contributed by atoms with Gasteiger partial charge in [-0.3, -0.25) is 4.79 Å². The maximum atomic E-state index is 12.7. The van der Waals surface area contributed by atoms with E-state index in [1.807, 2.05) is 18.2 Å². The number of carbonyl (C=O) groups is 1. The van der Waals surface area contributed by atoms with Crippen molar-refractivity contribution in [1.29, 1.82) is 0 Å². The van der Waals surface area contributed by atoms with Crippen LogP contribution in [-0.2, 0) is 11.0 Å². The summed E-state index contributed by atoms with van der Waals surface area (Å²) in [5.74, 6) is -1.03. The average Bonchev–Trinajstić information content (AvgIpc) is 3.06. The summed E-state index contributed by atoms with van der Waals surface area (Å²) < 4.78 is 43.5. The van der Waals surface area contributed by atoms with Crippen molar-refractivity contribution in [2.24, 2.45) is 11.8 Å². The van der Waals surface area contributed by atoms with Crippen molar-refractivity contribution in [3.8, 4) is 5.75 Å². The lowest BCUT2D eigenvalue weighted by Crippen LogP contribution is -2.20. The number of halogens is 3. The second kappa shape index (κ2) is 11.7. The van der Waals surface area contributed by atoms with Gasteiger partial charge in [-0.25, -0.2) is 0 Å². The minimum Gasteiger partial charge on any atom is -0.491 e. The van der Waals surface area contributed by atoms with Gasteiger partial charge in [-0.2, -0.15) is 13.2 Å². The zero-order chi connectivity index (χ0) is 22.9. The van der Waals surface area contributed by atoms with Crippen LogP contribution in [0.5, 0.6) is 5.75 Å². The minimum atomic E-state index is -4.47. The molecule has 0 saturated heterocycles. The van der Waals surface area contributed by atoms with Crippen LogP contribution in [0.2, 0.25) is 0 Å². The Bertz CT molecular complexity index is 801. The Balaban J connectivity index is 1.82. The fourth-order valence-corrected chi connectivity index (χ4v) is 3.26. The summed E-state index contributed by atoms with van der Waals surface area (Å²) in [4.78, 5) is 10.5. The van der Waals surface area contributed by atoms with E-state index in [0.29, 0.717) is 19.3 Å². The average molecular weight is 440 g/mol. The Morgan fingerprint density at radius 2 is 2.00 bits per heavy atom. The molecule has 1 aliphatic carbocycles. The molecule has 1 unspecified atom stereocenters. The van der Waals surface area contributed by atoms with Crippen LogP contribution in [0.25, 0.3) is 0 Å². The number of aliphatic hydroxyl groups is 2. The van der Waals surface area contributed by atoms with Crippen molar-refractivity contribution in [2.45, 2.75) is 44.1 Å². The summed E-state index contributed by atoms with van der Waals surface area (Å²) in [5, 5.41) is 28.8. The highest BCUT2D eigenvalue weighted by Gasteiger charge is 2.30. The van der Waals surface area contributed by atoms with E-state index in [1.165, 1.54) is 18.2 Å². The molecule has 0 aromatic heterocycles. The Morgan fingerprint density at radius 1 is 1.23 bits per heavy atom. The topological polar surface area (TPSA) is 87.0 Å². The van der Waals surface area contributed by atoms with Gasteiger partial charge in [0.1, 0.15) is 18.5 Å². The lowest BCUT2D eigenvalue weighted by atomic mass is 9.90. The molecule has 8 heteroatoms. The van der Waals surface area contributed by atoms with E-state index in [0.717, 1.165) is 12.1 Å². The van der Waals surface area contributed by atoms with E-state index >= 15 is 0 Å². The van der Waals surface area contributed by atoms with E-state index in [4.69, 9.17) is 9.84 Å². The first-order valence-electron chi connectivity index (χ1n) is 10.1. The molecule has 0 saturated carbocycles. The predicted octanol–water partition coefficient (Wildman–Crippen LogP) is 4.37. The lowest BCUT2D eigenvalue weighted by molar-refractivity contribution is -0.138. The molecule has 2 rings (SSSR count). The summed E-state index contributed by atoms with van der Waals surface area (Å²) >= 11 is 0. The van der Waals surface area contributed by atoms with Gasteiger partial charge in [-0.1, -0.05) is 42.5 Å². The summed E-state index contributed by atoms with van der Waals surface area (Å²) in [7, 11) is 0. The molecule has 0 heterocycles. The number of carboxylic acid groups (broad SMARTS) is 1. The van der Waals surface area contributed by atoms with E-state index in [-0.39, 0.29) is 30.6 Å². The summed E-state index contributed by atoms with van der Waals surface area (Å²) in [6, 6.07) is 4.44. The van der Waals surface area contributed by atoms with Crippen molar-refractivity contribution >= 4 is 5.97 Å². The molecule has 5 nitrogen and oxygen atoms in total. The number of benzene rings is 1. The SMILES string of the molecule is O=C(O)CCCC=CC[C@H]1C=C[C@H](O)[C@@H]1C=CC(O)COc1cccc(C(F)(F)F)c1. The standard InChI is InChI=1S/C23H27F3O5/c24-23(25,26)17-7-5-8-19(14-17)31-15-18(27)11-12-20-16(10-13-21(20)28)6-3-1-2-4-9-22(29)30/h1,3,5,7-8,10-14,16,18,20-21,27-28H,2,4,6,9,15H2,(H,29,30)/t16-,18?,20+,21-/m0/s1. The minimum absolute atomic E-state index is 0.00996. The third-order valence-corrected chi connectivity index (χ3v) is 4.92. The zero-order valence-corrected chi connectivity index (χ0v) is 16.9. The Hall–Kier alpha value is -2.58. The molecule has 0 amide bonds. The number of hydrogen-bond donors (Lipinski definition) is 3. The number of alkyl halides is 3. The van der Waals surface area contributed by atoms with Crippen LogP contribution in [-0.4, -0.2) is 40.1 Å². The van der Waals surface area contributed by atoms with Crippen LogP contribution < -0.4 is 4.74 Å². The van der Waals surface area contributed by atoms with Crippen LogP contribution >= 0.6 is 0 Å². The van der Waals surface area contributed by atoms with Crippen LogP contribution in [0, 0.1) is 11.8 Å². The number of carboxylic acids is 1. The van der Waals surface area contributed by atoms with Crippen LogP contribution in [0.3, 0.4) is 0 Å². The largest absolute Gasteiger partial charge is 0.491 e. The molecule has 1 aliphatic rings. The van der Waals surface area contributed by atoms with Crippen molar-refractivity contribution in [3.05, 3.63) is 66.3 Å². The van der Waals surface area contributed by atoms with Crippen molar-refractivity contribution in [2.75, 3.05) is 6.61 Å². The second-order valence-corrected chi connectivity index (χ2v) is 7.40. The van der Waals surface area contributed by atoms with Gasteiger partial charge < -0.3 is 20.1 Å². The first-order chi connectivity index (χ1) is 14.7. The number of ether oxygens (including phenoxy) is 1. The van der Waals surface area contributed by atoms with Gasteiger partial charge in [0, 0.05) is 12.3 Å². The van der Waals surface area contributed by atoms with Gasteiger partial charge in [0.05, 0.1) is 11.7 Å². The Labute approximate surface area is 179 Å². The van der Waals surface area contributed by atoms with E-state index in [9.17, 15) is 28.2 Å². The molecule has 0 aliphatic heterocycles. The quantitative estimate of drug-likeness (QED) is 0.352. The molecule has 0 bridgehead atoms. The highest BCUT2D eigenvalue weighted by molar-refractivity contribution is 5.66. The second-order valence-electron chi connectivity index (χ2n) is 7.40. The number of unbranched alkanes of at least 4 members (excludes halogenated alkanes) is 1. The molecule has 0 fully saturated rings. The molecule has 0 spiro atoms. The van der Waals surface area contributed by atoms with E-state index in [2.05, 4.69) is 0 Å².